The van der Waals surface area contributed by atoms with E-state index in [1.54, 1.807) is 26.4 Å². The van der Waals surface area contributed by atoms with Gasteiger partial charge in [0.15, 0.2) is 0 Å². The van der Waals surface area contributed by atoms with E-state index >= 15 is 0 Å². The van der Waals surface area contributed by atoms with Crippen LogP contribution >= 0.6 is 0 Å². The molecule has 1 N–H and O–H groups in total. The maximum atomic E-state index is 11.9. The summed E-state index contributed by atoms with van der Waals surface area (Å²) < 4.78 is 10.5. The molecule has 4 nitrogen and oxygen atoms in total. The van der Waals surface area contributed by atoms with E-state index in [0.717, 1.165) is 24.2 Å². The largest absolute Gasteiger partial charge is 0.497 e. The maximum Gasteiger partial charge on any atom is 0.244 e. The zero-order valence-corrected chi connectivity index (χ0v) is 14.2. The molecule has 1 atom stereocenters. The van der Waals surface area contributed by atoms with Gasteiger partial charge >= 0.3 is 0 Å². The number of benzene rings is 1. The summed E-state index contributed by atoms with van der Waals surface area (Å²) in [7, 11) is 3.20. The third kappa shape index (κ3) is 6.20. The molecule has 0 aliphatic carbocycles. The van der Waals surface area contributed by atoms with Crippen molar-refractivity contribution in [1.29, 1.82) is 0 Å². The van der Waals surface area contributed by atoms with Gasteiger partial charge in [0.2, 0.25) is 5.91 Å². The highest BCUT2D eigenvalue weighted by Gasteiger charge is 2.07. The molecular formula is C18H27NO3. The molecule has 0 bridgehead atoms. The van der Waals surface area contributed by atoms with E-state index in [1.165, 1.54) is 6.08 Å². The Bertz CT molecular complexity index is 509. The van der Waals surface area contributed by atoms with Gasteiger partial charge in [0.1, 0.15) is 11.5 Å². The fourth-order valence-electron chi connectivity index (χ4n) is 2.07. The van der Waals surface area contributed by atoms with Crippen LogP contribution in [-0.2, 0) is 4.79 Å². The highest BCUT2D eigenvalue weighted by atomic mass is 16.5. The molecular weight excluding hydrogens is 278 g/mol. The van der Waals surface area contributed by atoms with Gasteiger partial charge in [0.25, 0.3) is 0 Å². The Morgan fingerprint density at radius 3 is 2.50 bits per heavy atom. The van der Waals surface area contributed by atoms with Crippen molar-refractivity contribution in [3.63, 3.8) is 0 Å². The fraction of sp³-hybridized carbons (Fsp3) is 0.500. The molecule has 0 fully saturated rings. The Labute approximate surface area is 133 Å². The van der Waals surface area contributed by atoms with E-state index < -0.39 is 0 Å². The molecule has 1 aromatic rings. The molecule has 1 amide bonds. The number of carbonyl (C=O) groups is 1. The van der Waals surface area contributed by atoms with Crippen molar-refractivity contribution >= 4 is 12.0 Å². The summed E-state index contributed by atoms with van der Waals surface area (Å²) in [5.74, 6) is 1.96. The lowest BCUT2D eigenvalue weighted by Gasteiger charge is -2.13. The first-order chi connectivity index (χ1) is 10.5. The van der Waals surface area contributed by atoms with Gasteiger partial charge in [-0.25, -0.2) is 0 Å². The Kier molecular flexibility index (Phi) is 7.50. The molecule has 0 heterocycles. The molecule has 1 unspecified atom stereocenters. The summed E-state index contributed by atoms with van der Waals surface area (Å²) in [4.78, 5) is 11.9. The molecule has 0 aliphatic heterocycles. The molecule has 0 aromatic heterocycles. The third-order valence-electron chi connectivity index (χ3n) is 3.42. The van der Waals surface area contributed by atoms with Gasteiger partial charge in [0, 0.05) is 23.7 Å². The van der Waals surface area contributed by atoms with E-state index in [-0.39, 0.29) is 11.9 Å². The zero-order chi connectivity index (χ0) is 16.5. The topological polar surface area (TPSA) is 47.6 Å². The first kappa shape index (κ1) is 18.1. The number of hydrogen-bond acceptors (Lipinski definition) is 3. The van der Waals surface area contributed by atoms with Gasteiger partial charge in [-0.15, -0.1) is 0 Å². The Morgan fingerprint density at radius 1 is 1.18 bits per heavy atom. The van der Waals surface area contributed by atoms with Gasteiger partial charge in [-0.2, -0.15) is 0 Å². The van der Waals surface area contributed by atoms with E-state index in [9.17, 15) is 4.79 Å². The number of carbonyl (C=O) groups excluding carboxylic acids is 1. The number of ether oxygens (including phenoxy) is 2. The SMILES string of the molecule is COc1ccc(C=CC(=O)NC(C)CCC(C)C)c(OC)c1. The lowest BCUT2D eigenvalue weighted by Crippen LogP contribution is -2.31. The second-order valence-corrected chi connectivity index (χ2v) is 5.82. The van der Waals surface area contributed by atoms with Crippen molar-refractivity contribution in [3.05, 3.63) is 29.8 Å². The van der Waals surface area contributed by atoms with Crippen LogP contribution in [0.2, 0.25) is 0 Å². The first-order valence-electron chi connectivity index (χ1n) is 7.66. The zero-order valence-electron chi connectivity index (χ0n) is 14.2. The summed E-state index contributed by atoms with van der Waals surface area (Å²) in [6, 6.07) is 5.68. The number of methoxy groups -OCH3 is 2. The van der Waals surface area contributed by atoms with Gasteiger partial charge < -0.3 is 14.8 Å². The van der Waals surface area contributed by atoms with Crippen LogP contribution in [0.4, 0.5) is 0 Å². The van der Waals surface area contributed by atoms with Crippen LogP contribution in [-0.4, -0.2) is 26.2 Å². The average Bonchev–Trinajstić information content (AvgIpc) is 2.50. The van der Waals surface area contributed by atoms with Crippen molar-refractivity contribution in [2.45, 2.75) is 39.7 Å². The van der Waals surface area contributed by atoms with Crippen LogP contribution < -0.4 is 14.8 Å². The van der Waals surface area contributed by atoms with E-state index in [0.29, 0.717) is 11.7 Å². The minimum Gasteiger partial charge on any atom is -0.497 e. The summed E-state index contributed by atoms with van der Waals surface area (Å²) in [5.41, 5.74) is 0.841. The number of nitrogens with one attached hydrogen (secondary N) is 1. The summed E-state index contributed by atoms with van der Waals surface area (Å²) in [5, 5.41) is 2.97. The van der Waals surface area contributed by atoms with E-state index in [1.807, 2.05) is 19.1 Å². The molecule has 0 aliphatic rings. The van der Waals surface area contributed by atoms with Crippen LogP contribution in [0.3, 0.4) is 0 Å². The minimum absolute atomic E-state index is 0.0888. The van der Waals surface area contributed by atoms with Gasteiger partial charge in [-0.05, 0) is 43.9 Å². The Morgan fingerprint density at radius 2 is 1.91 bits per heavy atom. The second kappa shape index (κ2) is 9.13. The van der Waals surface area contributed by atoms with Crippen molar-refractivity contribution in [2.75, 3.05) is 14.2 Å². The van der Waals surface area contributed by atoms with Crippen molar-refractivity contribution in [1.82, 2.24) is 5.32 Å². The number of rotatable bonds is 8. The fourth-order valence-corrected chi connectivity index (χ4v) is 2.07. The summed E-state index contributed by atoms with van der Waals surface area (Å²) in [6.07, 6.45) is 5.39. The lowest BCUT2D eigenvalue weighted by atomic mass is 10.0. The van der Waals surface area contributed by atoms with Crippen LogP contribution in [0.15, 0.2) is 24.3 Å². The third-order valence-corrected chi connectivity index (χ3v) is 3.42. The van der Waals surface area contributed by atoms with Crippen molar-refractivity contribution in [2.24, 2.45) is 5.92 Å². The highest BCUT2D eigenvalue weighted by molar-refractivity contribution is 5.92. The minimum atomic E-state index is -0.0888. The molecule has 0 saturated heterocycles. The molecule has 1 rings (SSSR count). The summed E-state index contributed by atoms with van der Waals surface area (Å²) >= 11 is 0. The molecule has 0 saturated carbocycles. The standard InChI is InChI=1S/C18H27NO3/c1-13(2)6-7-14(3)19-18(20)11-9-15-8-10-16(21-4)12-17(15)22-5/h8-14H,6-7H2,1-5H3,(H,19,20). The summed E-state index contributed by atoms with van der Waals surface area (Å²) in [6.45, 7) is 6.40. The Balaban J connectivity index is 2.62. The van der Waals surface area contributed by atoms with Crippen LogP contribution in [0.5, 0.6) is 11.5 Å². The average molecular weight is 305 g/mol. The van der Waals surface area contributed by atoms with Crippen molar-refractivity contribution in [3.8, 4) is 11.5 Å². The predicted molar refractivity (Wildman–Crippen MR) is 90.3 cm³/mol. The quantitative estimate of drug-likeness (QED) is 0.746. The molecule has 0 radical (unpaired) electrons. The van der Waals surface area contributed by atoms with Gasteiger partial charge in [0.05, 0.1) is 14.2 Å². The highest BCUT2D eigenvalue weighted by Crippen LogP contribution is 2.25. The second-order valence-electron chi connectivity index (χ2n) is 5.82. The molecule has 0 spiro atoms. The lowest BCUT2D eigenvalue weighted by molar-refractivity contribution is -0.117. The Hall–Kier alpha value is -1.97. The predicted octanol–water partition coefficient (Wildman–Crippen LogP) is 3.66. The monoisotopic (exact) mass is 305 g/mol. The van der Waals surface area contributed by atoms with Crippen LogP contribution in [0.25, 0.3) is 6.08 Å². The van der Waals surface area contributed by atoms with Crippen molar-refractivity contribution < 1.29 is 14.3 Å². The molecule has 122 valence electrons. The van der Waals surface area contributed by atoms with Crippen LogP contribution in [0.1, 0.15) is 39.2 Å². The molecule has 22 heavy (non-hydrogen) atoms. The smallest absolute Gasteiger partial charge is 0.244 e. The molecule has 4 heteroatoms. The normalized spacial score (nSPS) is 12.5. The number of hydrogen-bond donors (Lipinski definition) is 1. The van der Waals surface area contributed by atoms with Gasteiger partial charge in [-0.3, -0.25) is 4.79 Å². The number of amides is 1. The maximum absolute atomic E-state index is 11.9. The van der Waals surface area contributed by atoms with Crippen LogP contribution in [0, 0.1) is 5.92 Å². The van der Waals surface area contributed by atoms with E-state index in [4.69, 9.17) is 9.47 Å². The molecule has 1 aromatic carbocycles. The first-order valence-corrected chi connectivity index (χ1v) is 7.66. The van der Waals surface area contributed by atoms with Gasteiger partial charge in [-0.1, -0.05) is 13.8 Å². The van der Waals surface area contributed by atoms with E-state index in [2.05, 4.69) is 19.2 Å².